The third-order valence-corrected chi connectivity index (χ3v) is 4.72. The van der Waals surface area contributed by atoms with E-state index in [0.29, 0.717) is 24.4 Å². The van der Waals surface area contributed by atoms with E-state index in [9.17, 15) is 9.18 Å². The number of anilines is 1. The van der Waals surface area contributed by atoms with Gasteiger partial charge in [0, 0.05) is 25.7 Å². The molecule has 0 radical (unpaired) electrons. The predicted octanol–water partition coefficient (Wildman–Crippen LogP) is 2.21. The lowest BCUT2D eigenvalue weighted by Gasteiger charge is -2.35. The molecule has 2 saturated heterocycles. The van der Waals surface area contributed by atoms with E-state index in [1.54, 1.807) is 12.1 Å². The van der Waals surface area contributed by atoms with Gasteiger partial charge in [-0.3, -0.25) is 4.79 Å². The van der Waals surface area contributed by atoms with Crippen molar-refractivity contribution in [1.29, 1.82) is 5.26 Å². The summed E-state index contributed by atoms with van der Waals surface area (Å²) >= 11 is 0. The van der Waals surface area contributed by atoms with Gasteiger partial charge in [-0.1, -0.05) is 0 Å². The van der Waals surface area contributed by atoms with Crippen molar-refractivity contribution < 1.29 is 13.9 Å². The predicted molar refractivity (Wildman–Crippen MR) is 88.0 cm³/mol. The lowest BCUT2D eigenvalue weighted by molar-refractivity contribution is -0.129. The molecule has 6 heteroatoms. The van der Waals surface area contributed by atoms with Crippen LogP contribution in [0.2, 0.25) is 0 Å². The molecule has 2 heterocycles. The number of benzene rings is 1. The van der Waals surface area contributed by atoms with Gasteiger partial charge in [0.25, 0.3) is 0 Å². The molecule has 2 atom stereocenters. The summed E-state index contributed by atoms with van der Waals surface area (Å²) in [5.74, 6) is -0.413. The summed E-state index contributed by atoms with van der Waals surface area (Å²) < 4.78 is 19.6. The highest BCUT2D eigenvalue weighted by molar-refractivity contribution is 5.79. The minimum Gasteiger partial charge on any atom is -0.381 e. The van der Waals surface area contributed by atoms with Crippen LogP contribution in [0.15, 0.2) is 18.2 Å². The summed E-state index contributed by atoms with van der Waals surface area (Å²) in [6.45, 7) is 2.56. The van der Waals surface area contributed by atoms with E-state index in [1.165, 1.54) is 6.07 Å². The Hall–Kier alpha value is -2.13. The summed E-state index contributed by atoms with van der Waals surface area (Å²) in [4.78, 5) is 14.3. The molecule has 5 nitrogen and oxygen atoms in total. The second-order valence-electron chi connectivity index (χ2n) is 6.49. The number of carbonyl (C=O) groups is 1. The zero-order chi connectivity index (χ0) is 16.9. The van der Waals surface area contributed by atoms with Crippen LogP contribution in [0.25, 0.3) is 0 Å². The van der Waals surface area contributed by atoms with Gasteiger partial charge >= 0.3 is 0 Å². The van der Waals surface area contributed by atoms with Crippen molar-refractivity contribution in [3.05, 3.63) is 29.6 Å². The van der Waals surface area contributed by atoms with Crippen LogP contribution in [0.5, 0.6) is 0 Å². The monoisotopic (exact) mass is 331 g/mol. The standard InChI is InChI=1S/C18H22FN3O2/c19-16-9-13(10-20)5-6-17(16)22-7-1-4-15(11-22)21-18(23)14-3-2-8-24-12-14/h5-6,9,14-15H,1-4,7-8,11-12H2,(H,21,23)/t14-,15-/m0/s1. The Morgan fingerprint density at radius 3 is 2.96 bits per heavy atom. The van der Waals surface area contributed by atoms with Crippen molar-refractivity contribution in [2.75, 3.05) is 31.2 Å². The van der Waals surface area contributed by atoms with Gasteiger partial charge < -0.3 is 15.0 Å². The van der Waals surface area contributed by atoms with E-state index < -0.39 is 0 Å². The molecule has 0 saturated carbocycles. The fourth-order valence-electron chi connectivity index (χ4n) is 3.41. The molecule has 24 heavy (non-hydrogen) atoms. The molecule has 2 aliphatic rings. The Morgan fingerprint density at radius 1 is 1.38 bits per heavy atom. The SMILES string of the molecule is N#Cc1ccc(N2CCC[C@H](NC(=O)[C@H]3CCCOC3)C2)c(F)c1. The molecule has 2 aliphatic heterocycles. The van der Waals surface area contributed by atoms with Gasteiger partial charge in [0.2, 0.25) is 5.91 Å². The number of halogens is 1. The Labute approximate surface area is 141 Å². The summed E-state index contributed by atoms with van der Waals surface area (Å²) in [6, 6.07) is 6.49. The van der Waals surface area contributed by atoms with Crippen LogP contribution in [-0.4, -0.2) is 38.3 Å². The highest BCUT2D eigenvalue weighted by Gasteiger charge is 2.27. The van der Waals surface area contributed by atoms with Crippen molar-refractivity contribution in [3.8, 4) is 6.07 Å². The molecule has 1 aromatic carbocycles. The Morgan fingerprint density at radius 2 is 2.25 bits per heavy atom. The average molecular weight is 331 g/mol. The number of hydrogen-bond donors (Lipinski definition) is 1. The number of nitrogens with zero attached hydrogens (tertiary/aromatic N) is 2. The Bertz CT molecular complexity index is 638. The summed E-state index contributed by atoms with van der Waals surface area (Å²) in [6.07, 6.45) is 3.58. The molecular formula is C18H22FN3O2. The van der Waals surface area contributed by atoms with Crippen molar-refractivity contribution >= 4 is 11.6 Å². The van der Waals surface area contributed by atoms with Crippen LogP contribution >= 0.6 is 0 Å². The number of carbonyl (C=O) groups excluding carboxylic acids is 1. The molecule has 0 aliphatic carbocycles. The van der Waals surface area contributed by atoms with Gasteiger partial charge in [-0.15, -0.1) is 0 Å². The maximum atomic E-state index is 14.2. The number of piperidine rings is 1. The number of amides is 1. The van der Waals surface area contributed by atoms with E-state index in [4.69, 9.17) is 10.00 Å². The first-order chi connectivity index (χ1) is 11.7. The molecule has 0 aromatic heterocycles. The lowest BCUT2D eigenvalue weighted by Crippen LogP contribution is -2.50. The van der Waals surface area contributed by atoms with E-state index in [2.05, 4.69) is 5.32 Å². The third kappa shape index (κ3) is 3.85. The molecule has 0 bridgehead atoms. The van der Waals surface area contributed by atoms with E-state index >= 15 is 0 Å². The maximum Gasteiger partial charge on any atom is 0.225 e. The fraction of sp³-hybridized carbons (Fsp3) is 0.556. The second kappa shape index (κ2) is 7.63. The number of rotatable bonds is 3. The molecule has 0 unspecified atom stereocenters. The van der Waals surface area contributed by atoms with E-state index in [-0.39, 0.29) is 23.7 Å². The molecule has 1 aromatic rings. The highest BCUT2D eigenvalue weighted by atomic mass is 19.1. The van der Waals surface area contributed by atoms with Crippen molar-refractivity contribution in [1.82, 2.24) is 5.32 Å². The van der Waals surface area contributed by atoms with Gasteiger partial charge in [0.15, 0.2) is 0 Å². The van der Waals surface area contributed by atoms with Crippen LogP contribution < -0.4 is 10.2 Å². The van der Waals surface area contributed by atoms with Crippen LogP contribution in [0.4, 0.5) is 10.1 Å². The van der Waals surface area contributed by atoms with Crippen molar-refractivity contribution in [3.63, 3.8) is 0 Å². The van der Waals surface area contributed by atoms with Crippen molar-refractivity contribution in [2.45, 2.75) is 31.7 Å². The van der Waals surface area contributed by atoms with Gasteiger partial charge in [0.05, 0.1) is 29.8 Å². The highest BCUT2D eigenvalue weighted by Crippen LogP contribution is 2.24. The van der Waals surface area contributed by atoms with E-state index in [0.717, 1.165) is 38.8 Å². The van der Waals surface area contributed by atoms with Gasteiger partial charge in [-0.25, -0.2) is 4.39 Å². The lowest BCUT2D eigenvalue weighted by atomic mass is 9.99. The van der Waals surface area contributed by atoms with Crippen LogP contribution in [0.3, 0.4) is 0 Å². The molecular weight excluding hydrogens is 309 g/mol. The first-order valence-electron chi connectivity index (χ1n) is 8.50. The zero-order valence-corrected chi connectivity index (χ0v) is 13.6. The van der Waals surface area contributed by atoms with Crippen LogP contribution in [-0.2, 0) is 9.53 Å². The quantitative estimate of drug-likeness (QED) is 0.922. The number of nitrogens with one attached hydrogen (secondary N) is 1. The minimum atomic E-state index is -0.387. The topological polar surface area (TPSA) is 65.4 Å². The number of nitriles is 1. The van der Waals surface area contributed by atoms with Gasteiger partial charge in [-0.05, 0) is 43.9 Å². The average Bonchev–Trinajstić information content (AvgIpc) is 2.62. The summed E-state index contributed by atoms with van der Waals surface area (Å²) in [5, 5.41) is 11.9. The van der Waals surface area contributed by atoms with Gasteiger partial charge in [0.1, 0.15) is 5.82 Å². The Kier molecular flexibility index (Phi) is 5.31. The zero-order valence-electron chi connectivity index (χ0n) is 13.6. The molecule has 128 valence electrons. The van der Waals surface area contributed by atoms with Crippen LogP contribution in [0.1, 0.15) is 31.2 Å². The number of hydrogen-bond acceptors (Lipinski definition) is 4. The fourth-order valence-corrected chi connectivity index (χ4v) is 3.41. The molecule has 3 rings (SSSR count). The van der Waals surface area contributed by atoms with Gasteiger partial charge in [-0.2, -0.15) is 5.26 Å². The molecule has 0 spiro atoms. The van der Waals surface area contributed by atoms with E-state index in [1.807, 2.05) is 11.0 Å². The third-order valence-electron chi connectivity index (χ3n) is 4.72. The molecule has 1 N–H and O–H groups in total. The normalized spacial score (nSPS) is 24.2. The second-order valence-corrected chi connectivity index (χ2v) is 6.49. The smallest absolute Gasteiger partial charge is 0.225 e. The molecule has 1 amide bonds. The van der Waals surface area contributed by atoms with Crippen molar-refractivity contribution in [2.24, 2.45) is 5.92 Å². The minimum absolute atomic E-state index is 0.0169. The first-order valence-corrected chi connectivity index (χ1v) is 8.50. The largest absolute Gasteiger partial charge is 0.381 e. The first kappa shape index (κ1) is 16.7. The molecule has 2 fully saturated rings. The summed E-state index contributed by atoms with van der Waals surface area (Å²) in [5.41, 5.74) is 0.810. The Balaban J connectivity index is 1.62. The number of ether oxygens (including phenoxy) is 1. The summed E-state index contributed by atoms with van der Waals surface area (Å²) in [7, 11) is 0. The maximum absolute atomic E-state index is 14.2. The van der Waals surface area contributed by atoms with Crippen LogP contribution in [0, 0.1) is 23.1 Å².